The highest BCUT2D eigenvalue weighted by molar-refractivity contribution is 4.77. The number of hydrogen-bond donors (Lipinski definition) is 1. The average Bonchev–Trinajstić information content (AvgIpc) is 2.16. The maximum atomic E-state index is 9.13. The lowest BCUT2D eigenvalue weighted by Crippen LogP contribution is -2.02. The van der Waals surface area contributed by atoms with Gasteiger partial charge in [-0.15, -0.1) is 6.58 Å². The molecule has 0 radical (unpaired) electrons. The fourth-order valence-electron chi connectivity index (χ4n) is 0.994. The predicted molar refractivity (Wildman–Crippen MR) is 52.5 cm³/mol. The molecule has 0 spiro atoms. The van der Waals surface area contributed by atoms with E-state index in [1.165, 1.54) is 0 Å². The van der Waals surface area contributed by atoms with Gasteiger partial charge in [0.25, 0.3) is 0 Å². The number of rotatable bonds is 9. The smallest absolute Gasteiger partial charge is 0.146 e. The summed E-state index contributed by atoms with van der Waals surface area (Å²) in [5.74, 6) is 0. The zero-order valence-electron chi connectivity index (χ0n) is 8.37. The van der Waals surface area contributed by atoms with Crippen LogP contribution < -0.4 is 0 Å². The maximum absolute atomic E-state index is 9.13. The van der Waals surface area contributed by atoms with Gasteiger partial charge < -0.3 is 14.6 Å². The van der Waals surface area contributed by atoms with Gasteiger partial charge in [-0.2, -0.15) is 0 Å². The Morgan fingerprint density at radius 2 is 2.15 bits per heavy atom. The number of aliphatic hydroxyl groups is 1. The maximum Gasteiger partial charge on any atom is 0.146 e. The Balaban J connectivity index is 2.95. The fourth-order valence-corrected chi connectivity index (χ4v) is 0.994. The average molecular weight is 188 g/mol. The lowest BCUT2D eigenvalue weighted by molar-refractivity contribution is -0.0316. The van der Waals surface area contributed by atoms with Crippen LogP contribution in [0.2, 0.25) is 0 Å². The lowest BCUT2D eigenvalue weighted by atomic mass is 10.1. The van der Waals surface area contributed by atoms with Crippen LogP contribution in [-0.2, 0) is 9.47 Å². The Bertz CT molecular complexity index is 115. The Morgan fingerprint density at radius 1 is 1.38 bits per heavy atom. The van der Waals surface area contributed by atoms with E-state index in [1.54, 1.807) is 13.2 Å². The van der Waals surface area contributed by atoms with Crippen molar-refractivity contribution in [2.45, 2.75) is 31.8 Å². The molecule has 0 heterocycles. The third-order valence-electron chi connectivity index (χ3n) is 1.76. The molecule has 1 N–H and O–H groups in total. The molecule has 0 aromatic rings. The van der Waals surface area contributed by atoms with Crippen molar-refractivity contribution < 1.29 is 14.6 Å². The van der Waals surface area contributed by atoms with Gasteiger partial charge in [0.05, 0.1) is 6.10 Å². The van der Waals surface area contributed by atoms with Crippen LogP contribution in [0.3, 0.4) is 0 Å². The van der Waals surface area contributed by atoms with Gasteiger partial charge in [0.1, 0.15) is 6.79 Å². The summed E-state index contributed by atoms with van der Waals surface area (Å²) in [5.41, 5.74) is 0. The first-order chi connectivity index (χ1) is 6.31. The summed E-state index contributed by atoms with van der Waals surface area (Å²) in [6, 6.07) is 0. The van der Waals surface area contributed by atoms with E-state index in [2.05, 4.69) is 6.58 Å². The van der Waals surface area contributed by atoms with E-state index in [-0.39, 0.29) is 6.10 Å². The zero-order chi connectivity index (χ0) is 9.94. The van der Waals surface area contributed by atoms with Crippen molar-refractivity contribution in [2.24, 2.45) is 0 Å². The standard InChI is InChI=1S/C10H20O3/c1-3-10(11)7-5-4-6-8-13-9-12-2/h3,10-11H,1,4-9H2,2H3. The molecule has 0 fully saturated rings. The summed E-state index contributed by atoms with van der Waals surface area (Å²) in [6.45, 7) is 4.61. The molecule has 78 valence electrons. The summed E-state index contributed by atoms with van der Waals surface area (Å²) in [7, 11) is 1.61. The second-order valence-electron chi connectivity index (χ2n) is 2.97. The second-order valence-corrected chi connectivity index (χ2v) is 2.97. The van der Waals surface area contributed by atoms with E-state index in [4.69, 9.17) is 14.6 Å². The van der Waals surface area contributed by atoms with Crippen LogP contribution in [0.1, 0.15) is 25.7 Å². The van der Waals surface area contributed by atoms with Crippen molar-refractivity contribution in [3.8, 4) is 0 Å². The summed E-state index contributed by atoms with van der Waals surface area (Å²) < 4.78 is 9.84. The predicted octanol–water partition coefficient (Wildman–Crippen LogP) is 1.71. The molecule has 0 aliphatic carbocycles. The molecule has 0 saturated heterocycles. The summed E-state index contributed by atoms with van der Waals surface area (Å²) in [6.07, 6.45) is 5.14. The highest BCUT2D eigenvalue weighted by Gasteiger charge is 1.96. The van der Waals surface area contributed by atoms with Gasteiger partial charge >= 0.3 is 0 Å². The minimum Gasteiger partial charge on any atom is -0.389 e. The van der Waals surface area contributed by atoms with Gasteiger partial charge in [-0.1, -0.05) is 18.9 Å². The van der Waals surface area contributed by atoms with Crippen LogP contribution in [0.5, 0.6) is 0 Å². The Kier molecular flexibility index (Phi) is 9.42. The van der Waals surface area contributed by atoms with Crippen LogP contribution in [-0.4, -0.2) is 31.7 Å². The molecule has 3 heteroatoms. The topological polar surface area (TPSA) is 38.7 Å². The molecule has 3 nitrogen and oxygen atoms in total. The van der Waals surface area contributed by atoms with Crippen molar-refractivity contribution in [2.75, 3.05) is 20.5 Å². The first-order valence-corrected chi connectivity index (χ1v) is 4.68. The van der Waals surface area contributed by atoms with Crippen molar-refractivity contribution >= 4 is 0 Å². The molecule has 0 aromatic heterocycles. The van der Waals surface area contributed by atoms with Crippen LogP contribution in [0.25, 0.3) is 0 Å². The monoisotopic (exact) mass is 188 g/mol. The van der Waals surface area contributed by atoms with E-state index in [1.807, 2.05) is 0 Å². The normalized spacial score (nSPS) is 12.8. The van der Waals surface area contributed by atoms with Crippen LogP contribution in [0.4, 0.5) is 0 Å². The largest absolute Gasteiger partial charge is 0.389 e. The molecule has 1 atom stereocenters. The number of ether oxygens (including phenoxy) is 2. The van der Waals surface area contributed by atoms with E-state index < -0.39 is 0 Å². The van der Waals surface area contributed by atoms with Gasteiger partial charge in [0.15, 0.2) is 0 Å². The summed E-state index contributed by atoms with van der Waals surface area (Å²) >= 11 is 0. The molecule has 13 heavy (non-hydrogen) atoms. The van der Waals surface area contributed by atoms with Gasteiger partial charge in [0, 0.05) is 13.7 Å². The van der Waals surface area contributed by atoms with Gasteiger partial charge in [-0.3, -0.25) is 0 Å². The van der Waals surface area contributed by atoms with E-state index >= 15 is 0 Å². The van der Waals surface area contributed by atoms with Crippen molar-refractivity contribution in [3.05, 3.63) is 12.7 Å². The third kappa shape index (κ3) is 9.53. The third-order valence-corrected chi connectivity index (χ3v) is 1.76. The SMILES string of the molecule is C=CC(O)CCCCCOCOC. The lowest BCUT2D eigenvalue weighted by Gasteiger charge is -2.05. The minimum atomic E-state index is -0.347. The molecule has 0 aliphatic rings. The van der Waals surface area contributed by atoms with Gasteiger partial charge in [-0.25, -0.2) is 0 Å². The van der Waals surface area contributed by atoms with Crippen molar-refractivity contribution in [1.29, 1.82) is 0 Å². The summed E-state index contributed by atoms with van der Waals surface area (Å²) in [4.78, 5) is 0. The quantitative estimate of drug-likeness (QED) is 0.340. The highest BCUT2D eigenvalue weighted by Crippen LogP contribution is 2.04. The van der Waals surface area contributed by atoms with Crippen LogP contribution >= 0.6 is 0 Å². The molecule has 0 aromatic carbocycles. The molecular weight excluding hydrogens is 168 g/mol. The fraction of sp³-hybridized carbons (Fsp3) is 0.800. The van der Waals surface area contributed by atoms with Crippen LogP contribution in [0.15, 0.2) is 12.7 Å². The first-order valence-electron chi connectivity index (χ1n) is 4.68. The molecule has 1 unspecified atom stereocenters. The number of aliphatic hydroxyl groups excluding tert-OH is 1. The van der Waals surface area contributed by atoms with E-state index in [0.29, 0.717) is 6.79 Å². The van der Waals surface area contributed by atoms with E-state index in [9.17, 15) is 0 Å². The molecule has 0 saturated carbocycles. The van der Waals surface area contributed by atoms with E-state index in [0.717, 1.165) is 32.3 Å². The van der Waals surface area contributed by atoms with Gasteiger partial charge in [-0.05, 0) is 12.8 Å². The zero-order valence-corrected chi connectivity index (χ0v) is 8.37. The Morgan fingerprint density at radius 3 is 2.77 bits per heavy atom. The summed E-state index contributed by atoms with van der Waals surface area (Å²) in [5, 5.41) is 9.13. The highest BCUT2D eigenvalue weighted by atomic mass is 16.7. The number of methoxy groups -OCH3 is 1. The number of unbranched alkanes of at least 4 members (excludes halogenated alkanes) is 2. The first kappa shape index (κ1) is 12.6. The minimum absolute atomic E-state index is 0.347. The molecule has 0 aliphatic heterocycles. The molecular formula is C10H20O3. The Labute approximate surface area is 80.4 Å². The Hall–Kier alpha value is -0.380. The molecule has 0 bridgehead atoms. The molecule has 0 amide bonds. The van der Waals surface area contributed by atoms with Crippen molar-refractivity contribution in [3.63, 3.8) is 0 Å². The molecule has 0 rings (SSSR count). The van der Waals surface area contributed by atoms with Crippen molar-refractivity contribution in [1.82, 2.24) is 0 Å². The van der Waals surface area contributed by atoms with Crippen LogP contribution in [0, 0.1) is 0 Å². The second kappa shape index (κ2) is 9.71. The van der Waals surface area contributed by atoms with Gasteiger partial charge in [0.2, 0.25) is 0 Å². The number of hydrogen-bond acceptors (Lipinski definition) is 3.